The topological polar surface area (TPSA) is 72.9 Å². The molecule has 5 heteroatoms. The van der Waals surface area contributed by atoms with Gasteiger partial charge in [0.15, 0.2) is 0 Å². The first-order valence-electron chi connectivity index (χ1n) is 7.90. The first-order valence-corrected chi connectivity index (χ1v) is 7.90. The summed E-state index contributed by atoms with van der Waals surface area (Å²) in [5, 5.41) is 2.86. The molecule has 0 fully saturated rings. The Morgan fingerprint density at radius 3 is 2.42 bits per heavy atom. The smallest absolute Gasteiger partial charge is 0.275 e. The number of nitrogen functional groups attached to an aromatic ring is 1. The molecule has 0 atom stereocenters. The van der Waals surface area contributed by atoms with Crippen LogP contribution in [0.1, 0.15) is 28.5 Å². The van der Waals surface area contributed by atoms with Crippen LogP contribution in [0.3, 0.4) is 0 Å². The van der Waals surface area contributed by atoms with Crippen molar-refractivity contribution >= 4 is 17.3 Å². The molecule has 1 heterocycles. The third-order valence-corrected chi connectivity index (χ3v) is 3.83. The number of anilines is 2. The highest BCUT2D eigenvalue weighted by molar-refractivity contribution is 6.02. The number of aryl methyl sites for hydroxylation is 1. The minimum Gasteiger partial charge on any atom is -0.399 e. The third-order valence-electron chi connectivity index (χ3n) is 3.83. The van der Waals surface area contributed by atoms with E-state index in [4.69, 9.17) is 5.73 Å². The van der Waals surface area contributed by atoms with Crippen LogP contribution in [0.25, 0.3) is 0 Å². The van der Waals surface area contributed by atoms with Gasteiger partial charge in [0.25, 0.3) is 5.91 Å². The number of nitrogens with two attached hydrogens (primary N) is 1. The lowest BCUT2D eigenvalue weighted by atomic mass is 10.1. The van der Waals surface area contributed by atoms with Crippen LogP contribution in [0.4, 0.5) is 11.4 Å². The Hall–Kier alpha value is -3.08. The van der Waals surface area contributed by atoms with Crippen molar-refractivity contribution in [1.29, 1.82) is 0 Å². The Balaban J connectivity index is 1.65. The van der Waals surface area contributed by atoms with Gasteiger partial charge in [-0.25, -0.2) is 4.98 Å². The van der Waals surface area contributed by atoms with Crippen LogP contribution < -0.4 is 11.1 Å². The fourth-order valence-corrected chi connectivity index (χ4v) is 2.42. The first-order chi connectivity index (χ1) is 11.6. The maximum atomic E-state index is 12.3. The van der Waals surface area contributed by atoms with Gasteiger partial charge in [-0.15, -0.1) is 0 Å². The van der Waals surface area contributed by atoms with Crippen molar-refractivity contribution in [2.24, 2.45) is 0 Å². The number of imidazole rings is 1. The molecule has 3 rings (SSSR count). The number of nitrogens with one attached hydrogen (secondary N) is 1. The molecule has 0 aliphatic rings. The summed E-state index contributed by atoms with van der Waals surface area (Å²) >= 11 is 0. The van der Waals surface area contributed by atoms with Gasteiger partial charge in [-0.2, -0.15) is 0 Å². The highest BCUT2D eigenvalue weighted by Gasteiger charge is 2.10. The molecule has 5 nitrogen and oxygen atoms in total. The normalized spacial score (nSPS) is 10.5. The van der Waals surface area contributed by atoms with Crippen molar-refractivity contribution in [3.63, 3.8) is 0 Å². The molecule has 0 saturated heterocycles. The summed E-state index contributed by atoms with van der Waals surface area (Å²) in [4.78, 5) is 16.5. The summed E-state index contributed by atoms with van der Waals surface area (Å²) in [5.41, 5.74) is 9.92. The van der Waals surface area contributed by atoms with E-state index in [2.05, 4.69) is 17.2 Å². The molecule has 0 aliphatic heterocycles. The number of rotatable bonds is 5. The van der Waals surface area contributed by atoms with Crippen molar-refractivity contribution in [1.82, 2.24) is 9.55 Å². The number of hydrogen-bond donors (Lipinski definition) is 2. The predicted octanol–water partition coefficient (Wildman–Crippen LogP) is 3.33. The Labute approximate surface area is 141 Å². The molecule has 1 aromatic heterocycles. The lowest BCUT2D eigenvalue weighted by Crippen LogP contribution is -2.12. The second-order valence-electron chi connectivity index (χ2n) is 5.68. The van der Waals surface area contributed by atoms with Crippen molar-refractivity contribution in [3.8, 4) is 0 Å². The van der Waals surface area contributed by atoms with Gasteiger partial charge in [-0.1, -0.05) is 31.2 Å². The minimum atomic E-state index is -0.213. The zero-order valence-corrected chi connectivity index (χ0v) is 13.6. The average molecular weight is 320 g/mol. The van der Waals surface area contributed by atoms with Gasteiger partial charge in [0.05, 0.1) is 6.33 Å². The van der Waals surface area contributed by atoms with Crippen LogP contribution in [0.5, 0.6) is 0 Å². The number of benzene rings is 2. The van der Waals surface area contributed by atoms with Crippen LogP contribution >= 0.6 is 0 Å². The molecule has 2 aromatic carbocycles. The largest absolute Gasteiger partial charge is 0.399 e. The first kappa shape index (κ1) is 15.8. The van der Waals surface area contributed by atoms with E-state index in [0.29, 0.717) is 12.2 Å². The van der Waals surface area contributed by atoms with Crippen molar-refractivity contribution in [2.75, 3.05) is 11.1 Å². The standard InChI is InChI=1S/C19H20N4O/c1-2-14-5-9-17(10-6-14)22-19(24)18-12-23(13-21-18)11-15-3-7-16(20)8-4-15/h3-10,12-13H,2,11,20H2,1H3,(H,22,24). The Kier molecular flexibility index (Phi) is 4.61. The molecule has 3 aromatic rings. The molecule has 0 aliphatic carbocycles. The quantitative estimate of drug-likeness (QED) is 0.708. The van der Waals surface area contributed by atoms with E-state index in [1.165, 1.54) is 5.56 Å². The SMILES string of the molecule is CCc1ccc(NC(=O)c2cn(Cc3ccc(N)cc3)cn2)cc1. The van der Waals surface area contributed by atoms with Gasteiger partial charge in [0.2, 0.25) is 0 Å². The van der Waals surface area contributed by atoms with Gasteiger partial charge in [0.1, 0.15) is 5.69 Å². The molecule has 0 bridgehead atoms. The monoisotopic (exact) mass is 320 g/mol. The van der Waals surface area contributed by atoms with Gasteiger partial charge >= 0.3 is 0 Å². The second-order valence-corrected chi connectivity index (χ2v) is 5.68. The highest BCUT2D eigenvalue weighted by atomic mass is 16.1. The molecule has 24 heavy (non-hydrogen) atoms. The number of nitrogens with zero attached hydrogens (tertiary/aromatic N) is 2. The minimum absolute atomic E-state index is 0.213. The van der Waals surface area contributed by atoms with Gasteiger partial charge in [-0.3, -0.25) is 4.79 Å². The summed E-state index contributed by atoms with van der Waals surface area (Å²) < 4.78 is 1.88. The number of aromatic nitrogens is 2. The summed E-state index contributed by atoms with van der Waals surface area (Å²) in [6.07, 6.45) is 4.38. The van der Waals surface area contributed by atoms with Crippen molar-refractivity contribution < 1.29 is 4.79 Å². The fraction of sp³-hybridized carbons (Fsp3) is 0.158. The van der Waals surface area contributed by atoms with E-state index in [1.54, 1.807) is 12.5 Å². The van der Waals surface area contributed by atoms with E-state index in [0.717, 1.165) is 23.4 Å². The van der Waals surface area contributed by atoms with Crippen LogP contribution in [-0.4, -0.2) is 15.5 Å². The van der Waals surface area contributed by atoms with E-state index < -0.39 is 0 Å². The predicted molar refractivity (Wildman–Crippen MR) is 96.0 cm³/mol. The maximum Gasteiger partial charge on any atom is 0.275 e. The van der Waals surface area contributed by atoms with Crippen LogP contribution in [-0.2, 0) is 13.0 Å². The molecular formula is C19H20N4O. The molecular weight excluding hydrogens is 300 g/mol. The van der Waals surface area contributed by atoms with Gasteiger partial charge < -0.3 is 15.6 Å². The third kappa shape index (κ3) is 3.81. The van der Waals surface area contributed by atoms with E-state index >= 15 is 0 Å². The summed E-state index contributed by atoms with van der Waals surface area (Å²) in [6, 6.07) is 15.5. The Morgan fingerprint density at radius 2 is 1.75 bits per heavy atom. The number of hydrogen-bond acceptors (Lipinski definition) is 3. The average Bonchev–Trinajstić information content (AvgIpc) is 3.06. The maximum absolute atomic E-state index is 12.3. The lowest BCUT2D eigenvalue weighted by molar-refractivity contribution is 0.102. The lowest BCUT2D eigenvalue weighted by Gasteiger charge is -2.04. The van der Waals surface area contributed by atoms with E-state index in [1.807, 2.05) is 53.1 Å². The van der Waals surface area contributed by atoms with E-state index in [9.17, 15) is 4.79 Å². The fourth-order valence-electron chi connectivity index (χ4n) is 2.42. The second kappa shape index (κ2) is 7.00. The van der Waals surface area contributed by atoms with Crippen molar-refractivity contribution in [3.05, 3.63) is 77.9 Å². The molecule has 3 N–H and O–H groups in total. The summed E-state index contributed by atoms with van der Waals surface area (Å²) in [6.45, 7) is 2.74. The number of carbonyl (C=O) groups excluding carboxylic acids is 1. The summed E-state index contributed by atoms with van der Waals surface area (Å²) in [7, 11) is 0. The number of amides is 1. The highest BCUT2D eigenvalue weighted by Crippen LogP contribution is 2.12. The van der Waals surface area contributed by atoms with Gasteiger partial charge in [-0.05, 0) is 41.8 Å². The van der Waals surface area contributed by atoms with Crippen molar-refractivity contribution in [2.45, 2.75) is 19.9 Å². The Bertz CT molecular complexity index is 819. The number of carbonyl (C=O) groups is 1. The molecule has 0 spiro atoms. The molecule has 0 saturated carbocycles. The molecule has 122 valence electrons. The molecule has 1 amide bonds. The van der Waals surface area contributed by atoms with E-state index in [-0.39, 0.29) is 5.91 Å². The molecule has 0 radical (unpaired) electrons. The zero-order valence-electron chi connectivity index (χ0n) is 13.6. The van der Waals surface area contributed by atoms with Crippen LogP contribution in [0, 0.1) is 0 Å². The summed E-state index contributed by atoms with van der Waals surface area (Å²) in [5.74, 6) is -0.213. The Morgan fingerprint density at radius 1 is 1.08 bits per heavy atom. The van der Waals surface area contributed by atoms with Crippen LogP contribution in [0.15, 0.2) is 61.1 Å². The molecule has 0 unspecified atom stereocenters. The zero-order chi connectivity index (χ0) is 16.9. The van der Waals surface area contributed by atoms with Crippen LogP contribution in [0.2, 0.25) is 0 Å². The van der Waals surface area contributed by atoms with Gasteiger partial charge in [0, 0.05) is 24.1 Å².